The summed E-state index contributed by atoms with van der Waals surface area (Å²) in [5, 5.41) is 9.82. The Balaban J connectivity index is 2.14. The molecule has 21 heavy (non-hydrogen) atoms. The summed E-state index contributed by atoms with van der Waals surface area (Å²) in [6, 6.07) is 4.92. The smallest absolute Gasteiger partial charge is 0.240 e. The monoisotopic (exact) mass is 329 g/mol. The second kappa shape index (κ2) is 7.13. The van der Waals surface area contributed by atoms with Crippen molar-refractivity contribution in [3.8, 4) is 0 Å². The van der Waals surface area contributed by atoms with E-state index in [1.807, 2.05) is 18.7 Å². The van der Waals surface area contributed by atoms with Gasteiger partial charge in [-0.1, -0.05) is 12.5 Å². The van der Waals surface area contributed by atoms with Crippen LogP contribution >= 0.6 is 11.8 Å². The van der Waals surface area contributed by atoms with Crippen LogP contribution in [0.5, 0.6) is 0 Å². The summed E-state index contributed by atoms with van der Waals surface area (Å²) in [5.41, 5.74) is 1.56. The summed E-state index contributed by atoms with van der Waals surface area (Å²) >= 11 is 1.81. The van der Waals surface area contributed by atoms with E-state index in [-0.39, 0.29) is 17.5 Å². The lowest BCUT2D eigenvalue weighted by atomic mass is 9.96. The van der Waals surface area contributed by atoms with Crippen molar-refractivity contribution in [1.82, 2.24) is 4.72 Å². The van der Waals surface area contributed by atoms with Crippen molar-refractivity contribution in [1.29, 1.82) is 0 Å². The van der Waals surface area contributed by atoms with E-state index in [0.717, 1.165) is 24.8 Å². The van der Waals surface area contributed by atoms with Crippen LogP contribution in [0.3, 0.4) is 0 Å². The summed E-state index contributed by atoms with van der Waals surface area (Å²) < 4.78 is 27.8. The van der Waals surface area contributed by atoms with Gasteiger partial charge in [0.1, 0.15) is 0 Å². The van der Waals surface area contributed by atoms with E-state index in [1.165, 1.54) is 6.42 Å². The molecule has 1 aromatic carbocycles. The van der Waals surface area contributed by atoms with E-state index in [4.69, 9.17) is 0 Å². The zero-order valence-electron chi connectivity index (χ0n) is 12.5. The number of rotatable bonds is 5. The van der Waals surface area contributed by atoms with E-state index in [2.05, 4.69) is 11.0 Å². The highest BCUT2D eigenvalue weighted by molar-refractivity contribution is 7.99. The van der Waals surface area contributed by atoms with E-state index in [0.29, 0.717) is 10.8 Å². The second-order valence-corrected chi connectivity index (χ2v) is 8.44. The number of sulfonamides is 1. The topological polar surface area (TPSA) is 66.4 Å². The molecule has 4 nitrogen and oxygen atoms in total. The first-order valence-electron chi connectivity index (χ1n) is 7.22. The molecule has 1 aliphatic rings. The highest BCUT2D eigenvalue weighted by atomic mass is 32.2. The molecular formula is C15H23NO3S2. The summed E-state index contributed by atoms with van der Waals surface area (Å²) in [7, 11) is -3.51. The quantitative estimate of drug-likeness (QED) is 0.871. The highest BCUT2D eigenvalue weighted by Gasteiger charge is 2.26. The summed E-state index contributed by atoms with van der Waals surface area (Å²) in [6.07, 6.45) is 6.09. The molecule has 2 atom stereocenters. The van der Waals surface area contributed by atoms with Gasteiger partial charge in [-0.15, -0.1) is 0 Å². The van der Waals surface area contributed by atoms with Crippen LogP contribution in [0.2, 0.25) is 0 Å². The molecule has 0 radical (unpaired) electrons. The normalized spacial score (nSPS) is 23.2. The van der Waals surface area contributed by atoms with Crippen molar-refractivity contribution >= 4 is 21.8 Å². The van der Waals surface area contributed by atoms with E-state index < -0.39 is 10.0 Å². The number of hydrogen-bond acceptors (Lipinski definition) is 4. The Labute approximate surface area is 131 Å². The Hall–Kier alpha value is -0.560. The molecule has 1 aromatic rings. The third-order valence-corrected chi connectivity index (χ3v) is 6.70. The van der Waals surface area contributed by atoms with Gasteiger partial charge in [0.25, 0.3) is 0 Å². The zero-order chi connectivity index (χ0) is 15.5. The Morgan fingerprint density at radius 3 is 2.81 bits per heavy atom. The minimum absolute atomic E-state index is 0.0140. The Morgan fingerprint density at radius 2 is 2.14 bits per heavy atom. The Kier molecular flexibility index (Phi) is 5.71. The fourth-order valence-corrected chi connectivity index (χ4v) is 4.90. The van der Waals surface area contributed by atoms with Crippen molar-refractivity contribution in [2.24, 2.45) is 0 Å². The fraction of sp³-hybridized carbons (Fsp3) is 0.600. The standard InChI is InChI=1S/C15H23NO3S2/c1-11-6-7-15(8-12(11)10-17)21(18,19)16-13-4-3-5-14(9-13)20-2/h6-8,13-14,16-17H,3-5,9-10H2,1-2H3. The van der Waals surface area contributed by atoms with Crippen LogP contribution in [-0.2, 0) is 16.6 Å². The van der Waals surface area contributed by atoms with E-state index in [1.54, 1.807) is 18.2 Å². The molecular weight excluding hydrogens is 306 g/mol. The largest absolute Gasteiger partial charge is 0.392 e. The van der Waals surface area contributed by atoms with Crippen LogP contribution in [0.4, 0.5) is 0 Å². The van der Waals surface area contributed by atoms with Gasteiger partial charge in [-0.2, -0.15) is 11.8 Å². The number of aryl methyl sites for hydroxylation is 1. The van der Waals surface area contributed by atoms with Crippen LogP contribution in [0.1, 0.15) is 36.8 Å². The molecule has 0 bridgehead atoms. The number of benzene rings is 1. The molecule has 0 heterocycles. The Bertz CT molecular complexity index is 587. The molecule has 0 aliphatic heterocycles. The zero-order valence-corrected chi connectivity index (χ0v) is 14.1. The van der Waals surface area contributed by atoms with Gasteiger partial charge in [-0.05, 0) is 55.7 Å². The lowest BCUT2D eigenvalue weighted by molar-refractivity contribution is 0.280. The van der Waals surface area contributed by atoms with Crippen molar-refractivity contribution in [2.75, 3.05) is 6.26 Å². The minimum atomic E-state index is -3.51. The van der Waals surface area contributed by atoms with Gasteiger partial charge in [-0.3, -0.25) is 0 Å². The maximum Gasteiger partial charge on any atom is 0.240 e. The van der Waals surface area contributed by atoms with Gasteiger partial charge in [0.2, 0.25) is 10.0 Å². The molecule has 0 aromatic heterocycles. The van der Waals surface area contributed by atoms with Crippen molar-refractivity contribution in [2.45, 2.75) is 55.4 Å². The maximum absolute atomic E-state index is 12.5. The lowest BCUT2D eigenvalue weighted by Gasteiger charge is -2.28. The fourth-order valence-electron chi connectivity index (χ4n) is 2.74. The predicted molar refractivity (Wildman–Crippen MR) is 87.0 cm³/mol. The number of thioether (sulfide) groups is 1. The van der Waals surface area contributed by atoms with Crippen LogP contribution in [-0.4, -0.2) is 31.1 Å². The van der Waals surface area contributed by atoms with Gasteiger partial charge >= 0.3 is 0 Å². The van der Waals surface area contributed by atoms with Gasteiger partial charge in [0.05, 0.1) is 11.5 Å². The average Bonchev–Trinajstić information content (AvgIpc) is 2.47. The molecule has 2 N–H and O–H groups in total. The average molecular weight is 329 g/mol. The lowest BCUT2D eigenvalue weighted by Crippen LogP contribution is -2.39. The Morgan fingerprint density at radius 1 is 1.38 bits per heavy atom. The number of hydrogen-bond donors (Lipinski definition) is 2. The van der Waals surface area contributed by atoms with Crippen molar-refractivity contribution < 1.29 is 13.5 Å². The van der Waals surface area contributed by atoms with Crippen molar-refractivity contribution in [3.05, 3.63) is 29.3 Å². The first-order chi connectivity index (χ1) is 9.96. The number of aliphatic hydroxyl groups is 1. The first kappa shape index (κ1) is 16.8. The predicted octanol–water partition coefficient (Wildman–Crippen LogP) is 2.44. The molecule has 0 spiro atoms. The molecule has 2 rings (SSSR count). The summed E-state index contributed by atoms with van der Waals surface area (Å²) in [4.78, 5) is 0.239. The second-order valence-electron chi connectivity index (χ2n) is 5.59. The van der Waals surface area contributed by atoms with Gasteiger partial charge in [0, 0.05) is 11.3 Å². The van der Waals surface area contributed by atoms with Crippen molar-refractivity contribution in [3.63, 3.8) is 0 Å². The van der Waals surface area contributed by atoms with Crippen LogP contribution in [0.15, 0.2) is 23.1 Å². The molecule has 2 unspecified atom stereocenters. The van der Waals surface area contributed by atoms with Crippen LogP contribution in [0, 0.1) is 6.92 Å². The molecule has 0 saturated heterocycles. The molecule has 118 valence electrons. The molecule has 1 fully saturated rings. The molecule has 1 saturated carbocycles. The molecule has 1 aliphatic carbocycles. The third kappa shape index (κ3) is 4.22. The maximum atomic E-state index is 12.5. The third-order valence-electron chi connectivity index (χ3n) is 4.08. The van der Waals surface area contributed by atoms with Crippen LogP contribution in [0.25, 0.3) is 0 Å². The minimum Gasteiger partial charge on any atom is -0.392 e. The SMILES string of the molecule is CSC1CCCC(NS(=O)(=O)c2ccc(C)c(CO)c2)C1. The number of nitrogens with one attached hydrogen (secondary N) is 1. The molecule has 0 amide bonds. The first-order valence-corrected chi connectivity index (χ1v) is 9.99. The van der Waals surface area contributed by atoms with E-state index >= 15 is 0 Å². The van der Waals surface area contributed by atoms with Gasteiger partial charge in [0.15, 0.2) is 0 Å². The molecule has 6 heteroatoms. The number of aliphatic hydroxyl groups excluding tert-OH is 1. The highest BCUT2D eigenvalue weighted by Crippen LogP contribution is 2.28. The van der Waals surface area contributed by atoms with Gasteiger partial charge in [-0.25, -0.2) is 13.1 Å². The summed E-state index contributed by atoms with van der Waals surface area (Å²) in [5.74, 6) is 0. The van der Waals surface area contributed by atoms with Gasteiger partial charge < -0.3 is 5.11 Å². The van der Waals surface area contributed by atoms with Crippen LogP contribution < -0.4 is 4.72 Å². The summed E-state index contributed by atoms with van der Waals surface area (Å²) in [6.45, 7) is 1.72. The van der Waals surface area contributed by atoms with E-state index in [9.17, 15) is 13.5 Å².